The maximum absolute atomic E-state index is 13.0. The minimum absolute atomic E-state index is 0.220. The molecule has 0 fully saturated rings. The van der Waals surface area contributed by atoms with Crippen molar-refractivity contribution in [1.29, 1.82) is 0 Å². The fraction of sp³-hybridized carbons (Fsp3) is 0.130. The van der Waals surface area contributed by atoms with Gasteiger partial charge in [0.15, 0.2) is 0 Å². The fourth-order valence-electron chi connectivity index (χ4n) is 3.40. The number of fused-ring (bicyclic) bond motifs is 3. The summed E-state index contributed by atoms with van der Waals surface area (Å²) < 4.78 is 16.1. The van der Waals surface area contributed by atoms with Crippen LogP contribution in [0.25, 0.3) is 27.9 Å². The number of aromatic nitrogens is 2. The Labute approximate surface area is 167 Å². The number of hydrogen-bond acceptors (Lipinski definition) is 5. The largest absolute Gasteiger partial charge is 0.497 e. The molecule has 0 aliphatic carbocycles. The summed E-state index contributed by atoms with van der Waals surface area (Å²) in [5, 5.41) is 1.90. The van der Waals surface area contributed by atoms with E-state index in [1.165, 1.54) is 6.08 Å². The average molecular weight is 388 g/mol. The maximum atomic E-state index is 13.0. The van der Waals surface area contributed by atoms with Gasteiger partial charge in [-0.05, 0) is 48.6 Å². The number of carbonyl (C=O) groups is 1. The van der Waals surface area contributed by atoms with Gasteiger partial charge in [0.2, 0.25) is 5.78 Å². The quantitative estimate of drug-likeness (QED) is 0.385. The first kappa shape index (κ1) is 18.6. The third-order valence-electron chi connectivity index (χ3n) is 4.83. The molecule has 0 unspecified atom stereocenters. The van der Waals surface area contributed by atoms with Crippen molar-refractivity contribution in [3.05, 3.63) is 66.0 Å². The molecule has 0 aliphatic rings. The highest BCUT2D eigenvalue weighted by Crippen LogP contribution is 2.31. The average Bonchev–Trinajstić information content (AvgIpc) is 3.14. The van der Waals surface area contributed by atoms with Crippen LogP contribution in [-0.4, -0.2) is 37.1 Å². The van der Waals surface area contributed by atoms with Crippen LogP contribution in [0.4, 0.5) is 0 Å². The summed E-state index contributed by atoms with van der Waals surface area (Å²) in [4.78, 5) is 20.6. The molecule has 2 heterocycles. The van der Waals surface area contributed by atoms with Crippen LogP contribution >= 0.6 is 0 Å². The minimum Gasteiger partial charge on any atom is -0.497 e. The second-order valence-electron chi connectivity index (χ2n) is 6.39. The summed E-state index contributed by atoms with van der Waals surface area (Å²) in [5.74, 6) is 1.78. The van der Waals surface area contributed by atoms with Gasteiger partial charge in [0.1, 0.15) is 22.9 Å². The number of ketones is 1. The normalized spacial score (nSPS) is 11.3. The first-order valence-electron chi connectivity index (χ1n) is 9.04. The van der Waals surface area contributed by atoms with Crippen LogP contribution < -0.4 is 14.2 Å². The minimum atomic E-state index is -0.220. The molecule has 0 saturated heterocycles. The smallest absolute Gasteiger partial charge is 0.206 e. The van der Waals surface area contributed by atoms with E-state index in [9.17, 15) is 4.79 Å². The number of nitrogens with zero attached hydrogens (tertiary/aromatic N) is 1. The molecule has 4 rings (SSSR count). The number of methoxy groups -OCH3 is 3. The molecule has 0 bridgehead atoms. The van der Waals surface area contributed by atoms with E-state index < -0.39 is 0 Å². The summed E-state index contributed by atoms with van der Waals surface area (Å²) in [7, 11) is 4.79. The SMILES string of the molecule is COc1ccc2[nH]c3c(C(=O)/C=C/c4c(OC)cccc4OC)nccc3c2c1. The molecular formula is C23H20N2O4. The molecule has 2 aromatic carbocycles. The lowest BCUT2D eigenvalue weighted by molar-refractivity contribution is 0.104. The number of aromatic amines is 1. The summed E-state index contributed by atoms with van der Waals surface area (Å²) >= 11 is 0. The highest BCUT2D eigenvalue weighted by atomic mass is 16.5. The molecule has 29 heavy (non-hydrogen) atoms. The van der Waals surface area contributed by atoms with Crippen LogP contribution in [0.5, 0.6) is 17.2 Å². The monoisotopic (exact) mass is 388 g/mol. The Morgan fingerprint density at radius 1 is 0.966 bits per heavy atom. The Balaban J connectivity index is 1.78. The molecule has 6 heteroatoms. The summed E-state index contributed by atoms with van der Waals surface area (Å²) in [6, 6.07) is 13.1. The van der Waals surface area contributed by atoms with Gasteiger partial charge in [0.05, 0.1) is 32.4 Å². The Hall–Kier alpha value is -3.80. The second-order valence-corrected chi connectivity index (χ2v) is 6.39. The zero-order valence-corrected chi connectivity index (χ0v) is 16.4. The van der Waals surface area contributed by atoms with Crippen LogP contribution in [0.2, 0.25) is 0 Å². The highest BCUT2D eigenvalue weighted by Gasteiger charge is 2.15. The molecular weight excluding hydrogens is 368 g/mol. The topological polar surface area (TPSA) is 73.4 Å². The first-order valence-corrected chi connectivity index (χ1v) is 9.04. The zero-order chi connectivity index (χ0) is 20.4. The number of allylic oxidation sites excluding steroid dienone is 1. The molecule has 1 N–H and O–H groups in total. The van der Waals surface area contributed by atoms with Gasteiger partial charge in [-0.15, -0.1) is 0 Å². The van der Waals surface area contributed by atoms with E-state index in [0.717, 1.165) is 22.0 Å². The van der Waals surface area contributed by atoms with Crippen molar-refractivity contribution in [3.63, 3.8) is 0 Å². The Kier molecular flexibility index (Phi) is 4.91. The van der Waals surface area contributed by atoms with Crippen LogP contribution in [0.3, 0.4) is 0 Å². The molecule has 0 amide bonds. The van der Waals surface area contributed by atoms with Crippen molar-refractivity contribution in [3.8, 4) is 17.2 Å². The van der Waals surface area contributed by atoms with Gasteiger partial charge in [-0.3, -0.25) is 9.78 Å². The summed E-state index contributed by atoms with van der Waals surface area (Å²) in [6.45, 7) is 0. The Morgan fingerprint density at radius 3 is 2.41 bits per heavy atom. The standard InChI is InChI=1S/C23H20N2O4/c1-27-14-7-9-18-17(13-14)15-11-12-24-23(22(15)25-18)19(26)10-8-16-20(28-2)5-4-6-21(16)29-3/h4-13,25H,1-3H3/b10-8+. The van der Waals surface area contributed by atoms with E-state index in [2.05, 4.69) is 9.97 Å². The van der Waals surface area contributed by atoms with Crippen LogP contribution in [0, 0.1) is 0 Å². The van der Waals surface area contributed by atoms with Gasteiger partial charge in [-0.1, -0.05) is 6.07 Å². The van der Waals surface area contributed by atoms with E-state index in [0.29, 0.717) is 28.3 Å². The van der Waals surface area contributed by atoms with Crippen molar-refractivity contribution in [2.45, 2.75) is 0 Å². The number of ether oxygens (including phenoxy) is 3. The van der Waals surface area contributed by atoms with Crippen LogP contribution in [-0.2, 0) is 0 Å². The van der Waals surface area contributed by atoms with Crippen LogP contribution in [0.1, 0.15) is 16.1 Å². The number of pyridine rings is 1. The first-order chi connectivity index (χ1) is 14.2. The lowest BCUT2D eigenvalue weighted by Gasteiger charge is -2.09. The number of benzene rings is 2. The molecule has 0 saturated carbocycles. The van der Waals surface area contributed by atoms with Gasteiger partial charge < -0.3 is 19.2 Å². The number of nitrogens with one attached hydrogen (secondary N) is 1. The van der Waals surface area contributed by atoms with Gasteiger partial charge in [-0.25, -0.2) is 0 Å². The van der Waals surface area contributed by atoms with Crippen molar-refractivity contribution < 1.29 is 19.0 Å². The molecule has 0 spiro atoms. The molecule has 0 radical (unpaired) electrons. The number of H-pyrrole nitrogens is 1. The second kappa shape index (κ2) is 7.67. The number of carbonyl (C=O) groups excluding carboxylic acids is 1. The number of rotatable bonds is 6. The van der Waals surface area contributed by atoms with E-state index in [-0.39, 0.29) is 5.78 Å². The third kappa shape index (κ3) is 3.29. The molecule has 2 aromatic heterocycles. The summed E-state index contributed by atoms with van der Waals surface area (Å²) in [5.41, 5.74) is 2.65. The van der Waals surface area contributed by atoms with E-state index in [1.807, 2.05) is 42.5 Å². The van der Waals surface area contributed by atoms with E-state index in [1.54, 1.807) is 33.6 Å². The van der Waals surface area contributed by atoms with E-state index in [4.69, 9.17) is 14.2 Å². The zero-order valence-electron chi connectivity index (χ0n) is 16.4. The molecule has 6 nitrogen and oxygen atoms in total. The lowest BCUT2D eigenvalue weighted by Crippen LogP contribution is -2.00. The lowest BCUT2D eigenvalue weighted by atomic mass is 10.1. The predicted molar refractivity (Wildman–Crippen MR) is 113 cm³/mol. The van der Waals surface area contributed by atoms with Gasteiger partial charge in [-0.2, -0.15) is 0 Å². The Bertz CT molecular complexity index is 1220. The van der Waals surface area contributed by atoms with Gasteiger partial charge in [0.25, 0.3) is 0 Å². The van der Waals surface area contributed by atoms with Crippen molar-refractivity contribution in [2.24, 2.45) is 0 Å². The van der Waals surface area contributed by atoms with E-state index >= 15 is 0 Å². The van der Waals surface area contributed by atoms with Crippen molar-refractivity contribution in [2.75, 3.05) is 21.3 Å². The fourth-order valence-corrected chi connectivity index (χ4v) is 3.40. The Morgan fingerprint density at radius 2 is 1.72 bits per heavy atom. The maximum Gasteiger partial charge on any atom is 0.206 e. The third-order valence-corrected chi connectivity index (χ3v) is 4.83. The van der Waals surface area contributed by atoms with Crippen LogP contribution in [0.15, 0.2) is 54.7 Å². The number of hydrogen-bond donors (Lipinski definition) is 1. The van der Waals surface area contributed by atoms with Crippen molar-refractivity contribution in [1.82, 2.24) is 9.97 Å². The van der Waals surface area contributed by atoms with Crippen molar-refractivity contribution >= 4 is 33.7 Å². The van der Waals surface area contributed by atoms with Gasteiger partial charge >= 0.3 is 0 Å². The predicted octanol–water partition coefficient (Wildman–Crippen LogP) is 4.64. The summed E-state index contributed by atoms with van der Waals surface area (Å²) in [6.07, 6.45) is 4.81. The molecule has 0 atom stereocenters. The molecule has 146 valence electrons. The van der Waals surface area contributed by atoms with Gasteiger partial charge in [0, 0.05) is 22.5 Å². The molecule has 0 aliphatic heterocycles. The molecule has 4 aromatic rings. The highest BCUT2D eigenvalue weighted by molar-refractivity contribution is 6.18.